The summed E-state index contributed by atoms with van der Waals surface area (Å²) in [7, 11) is 1.61. The van der Waals surface area contributed by atoms with Gasteiger partial charge < -0.3 is 9.26 Å². The lowest BCUT2D eigenvalue weighted by Gasteiger charge is -2.08. The number of nitriles is 1. The van der Waals surface area contributed by atoms with Crippen LogP contribution in [0.5, 0.6) is 5.75 Å². The number of aryl methyl sites for hydroxylation is 2. The van der Waals surface area contributed by atoms with Crippen LogP contribution < -0.4 is 4.74 Å². The fourth-order valence-electron chi connectivity index (χ4n) is 2.79. The van der Waals surface area contributed by atoms with Crippen LogP contribution in [0.4, 0.5) is 0 Å². The van der Waals surface area contributed by atoms with E-state index in [9.17, 15) is 5.26 Å². The molecule has 0 aliphatic carbocycles. The van der Waals surface area contributed by atoms with Gasteiger partial charge >= 0.3 is 0 Å². The summed E-state index contributed by atoms with van der Waals surface area (Å²) >= 11 is 3.49. The van der Waals surface area contributed by atoms with Crippen molar-refractivity contribution in [2.45, 2.75) is 13.8 Å². The van der Waals surface area contributed by atoms with E-state index in [1.807, 2.05) is 50.2 Å². The minimum atomic E-state index is 0.439. The molecule has 0 fully saturated rings. The van der Waals surface area contributed by atoms with Crippen LogP contribution in [0, 0.1) is 25.2 Å². The standard InChI is InChI=1S/C19H15BrN2O2/c1-11-8-14(20)9-12(2)17(11)18-16(10-21)19(24-22-18)13-4-6-15(23-3)7-5-13/h4-9H,1-3H3. The Bertz CT molecular complexity index is 914. The summed E-state index contributed by atoms with van der Waals surface area (Å²) in [6.07, 6.45) is 0. The molecule has 0 radical (unpaired) electrons. The Morgan fingerprint density at radius 2 is 1.75 bits per heavy atom. The first kappa shape index (κ1) is 16.3. The fraction of sp³-hybridized carbons (Fsp3) is 0.158. The number of aromatic nitrogens is 1. The average molecular weight is 383 g/mol. The topological polar surface area (TPSA) is 59.1 Å². The number of ether oxygens (including phenoxy) is 1. The van der Waals surface area contributed by atoms with E-state index in [1.54, 1.807) is 7.11 Å². The van der Waals surface area contributed by atoms with Crippen molar-refractivity contribution in [3.8, 4) is 34.4 Å². The van der Waals surface area contributed by atoms with Gasteiger partial charge in [-0.3, -0.25) is 0 Å². The largest absolute Gasteiger partial charge is 0.497 e. The minimum Gasteiger partial charge on any atom is -0.497 e. The predicted molar refractivity (Wildman–Crippen MR) is 95.8 cm³/mol. The molecule has 0 aliphatic heterocycles. The molecule has 0 unspecified atom stereocenters. The van der Waals surface area contributed by atoms with E-state index in [4.69, 9.17) is 9.26 Å². The van der Waals surface area contributed by atoms with E-state index in [2.05, 4.69) is 27.2 Å². The van der Waals surface area contributed by atoms with Crippen molar-refractivity contribution in [2.24, 2.45) is 0 Å². The van der Waals surface area contributed by atoms with Crippen LogP contribution in [-0.4, -0.2) is 12.3 Å². The van der Waals surface area contributed by atoms with Crippen LogP contribution in [0.3, 0.4) is 0 Å². The highest BCUT2D eigenvalue weighted by Crippen LogP contribution is 2.36. The normalized spacial score (nSPS) is 10.5. The molecule has 3 aromatic rings. The van der Waals surface area contributed by atoms with Gasteiger partial charge in [0, 0.05) is 15.6 Å². The summed E-state index contributed by atoms with van der Waals surface area (Å²) in [6, 6.07) is 13.6. The Morgan fingerprint density at radius 3 is 2.29 bits per heavy atom. The molecule has 0 atom stereocenters. The Balaban J connectivity index is 2.16. The Morgan fingerprint density at radius 1 is 1.12 bits per heavy atom. The number of halogens is 1. The summed E-state index contributed by atoms with van der Waals surface area (Å²) in [6.45, 7) is 3.99. The van der Waals surface area contributed by atoms with Crippen molar-refractivity contribution in [2.75, 3.05) is 7.11 Å². The zero-order valence-corrected chi connectivity index (χ0v) is 15.1. The van der Waals surface area contributed by atoms with Crippen LogP contribution in [-0.2, 0) is 0 Å². The number of hydrogen-bond donors (Lipinski definition) is 0. The second kappa shape index (κ2) is 6.50. The quantitative estimate of drug-likeness (QED) is 0.618. The zero-order chi connectivity index (χ0) is 17.3. The smallest absolute Gasteiger partial charge is 0.185 e. The first-order chi connectivity index (χ1) is 11.5. The van der Waals surface area contributed by atoms with Crippen LogP contribution in [0.1, 0.15) is 16.7 Å². The number of benzene rings is 2. The van der Waals surface area contributed by atoms with Gasteiger partial charge in [0.05, 0.1) is 7.11 Å². The Labute approximate surface area is 148 Å². The highest BCUT2D eigenvalue weighted by molar-refractivity contribution is 9.10. The lowest BCUT2D eigenvalue weighted by atomic mass is 9.96. The number of nitrogens with zero attached hydrogens (tertiary/aromatic N) is 2. The molecule has 24 heavy (non-hydrogen) atoms. The number of rotatable bonds is 3. The SMILES string of the molecule is COc1ccc(-c2onc(-c3c(C)cc(Br)cc3C)c2C#N)cc1. The van der Waals surface area contributed by atoms with Gasteiger partial charge in [-0.1, -0.05) is 21.1 Å². The number of methoxy groups -OCH3 is 1. The monoisotopic (exact) mass is 382 g/mol. The van der Waals surface area contributed by atoms with Gasteiger partial charge in [-0.15, -0.1) is 0 Å². The molecule has 1 aromatic heterocycles. The first-order valence-corrected chi connectivity index (χ1v) is 8.15. The molecule has 120 valence electrons. The molecule has 0 saturated heterocycles. The Kier molecular flexibility index (Phi) is 4.41. The molecule has 1 heterocycles. The maximum atomic E-state index is 9.66. The lowest BCUT2D eigenvalue weighted by Crippen LogP contribution is -1.91. The van der Waals surface area contributed by atoms with Crippen molar-refractivity contribution in [1.82, 2.24) is 5.16 Å². The van der Waals surface area contributed by atoms with Gasteiger partial charge in [-0.2, -0.15) is 5.26 Å². The van der Waals surface area contributed by atoms with Gasteiger partial charge in [0.15, 0.2) is 5.76 Å². The summed E-state index contributed by atoms with van der Waals surface area (Å²) in [5.41, 5.74) is 4.80. The molecule has 2 aromatic carbocycles. The number of hydrogen-bond acceptors (Lipinski definition) is 4. The van der Waals surface area contributed by atoms with Gasteiger partial charge in [0.1, 0.15) is 23.1 Å². The summed E-state index contributed by atoms with van der Waals surface area (Å²) < 4.78 is 11.7. The van der Waals surface area contributed by atoms with Crippen molar-refractivity contribution < 1.29 is 9.26 Å². The molecular weight excluding hydrogens is 368 g/mol. The second-order valence-corrected chi connectivity index (χ2v) is 6.41. The van der Waals surface area contributed by atoms with Gasteiger partial charge in [0.2, 0.25) is 0 Å². The summed E-state index contributed by atoms with van der Waals surface area (Å²) in [5.74, 6) is 1.22. The lowest BCUT2D eigenvalue weighted by molar-refractivity contribution is 0.414. The third-order valence-corrected chi connectivity index (χ3v) is 4.35. The molecule has 0 bridgehead atoms. The maximum Gasteiger partial charge on any atom is 0.185 e. The third-order valence-electron chi connectivity index (χ3n) is 3.89. The maximum absolute atomic E-state index is 9.66. The molecule has 0 spiro atoms. The fourth-order valence-corrected chi connectivity index (χ4v) is 3.47. The van der Waals surface area contributed by atoms with Crippen LogP contribution in [0.15, 0.2) is 45.4 Å². The second-order valence-electron chi connectivity index (χ2n) is 5.49. The van der Waals surface area contributed by atoms with Crippen LogP contribution >= 0.6 is 15.9 Å². The summed E-state index contributed by atoms with van der Waals surface area (Å²) in [4.78, 5) is 0. The van der Waals surface area contributed by atoms with Crippen molar-refractivity contribution >= 4 is 15.9 Å². The molecule has 4 nitrogen and oxygen atoms in total. The molecule has 0 N–H and O–H groups in total. The van der Waals surface area contributed by atoms with Crippen molar-refractivity contribution in [3.63, 3.8) is 0 Å². The van der Waals surface area contributed by atoms with Crippen molar-refractivity contribution in [1.29, 1.82) is 5.26 Å². The summed E-state index contributed by atoms with van der Waals surface area (Å²) in [5, 5.41) is 13.8. The van der Waals surface area contributed by atoms with E-state index >= 15 is 0 Å². The average Bonchev–Trinajstić information content (AvgIpc) is 2.97. The molecule has 0 saturated carbocycles. The molecule has 0 aliphatic rings. The molecular formula is C19H15BrN2O2. The molecule has 3 rings (SSSR count). The van der Waals surface area contributed by atoms with E-state index in [0.717, 1.165) is 32.5 Å². The van der Waals surface area contributed by atoms with Crippen LogP contribution in [0.25, 0.3) is 22.6 Å². The van der Waals surface area contributed by atoms with Crippen LogP contribution in [0.2, 0.25) is 0 Å². The molecule has 0 amide bonds. The van der Waals surface area contributed by atoms with Gasteiger partial charge in [0.25, 0.3) is 0 Å². The van der Waals surface area contributed by atoms with E-state index < -0.39 is 0 Å². The van der Waals surface area contributed by atoms with Gasteiger partial charge in [-0.05, 0) is 61.4 Å². The van der Waals surface area contributed by atoms with E-state index in [0.29, 0.717) is 17.0 Å². The predicted octanol–water partition coefficient (Wildman–Crippen LogP) is 5.27. The van der Waals surface area contributed by atoms with E-state index in [1.165, 1.54) is 0 Å². The molecule has 5 heteroatoms. The Hall–Kier alpha value is -2.58. The van der Waals surface area contributed by atoms with E-state index in [-0.39, 0.29) is 0 Å². The third kappa shape index (κ3) is 2.81. The highest BCUT2D eigenvalue weighted by Gasteiger charge is 2.21. The minimum absolute atomic E-state index is 0.439. The highest BCUT2D eigenvalue weighted by atomic mass is 79.9. The van der Waals surface area contributed by atoms with Gasteiger partial charge in [-0.25, -0.2) is 0 Å². The zero-order valence-electron chi connectivity index (χ0n) is 13.6. The van der Waals surface area contributed by atoms with Crippen molar-refractivity contribution in [3.05, 3.63) is 57.6 Å². The first-order valence-electron chi connectivity index (χ1n) is 7.36.